The van der Waals surface area contributed by atoms with Gasteiger partial charge in [-0.25, -0.2) is 0 Å². The van der Waals surface area contributed by atoms with Gasteiger partial charge in [-0.2, -0.15) is 0 Å². The largest absolute Gasteiger partial charge is 0.342 e. The molecule has 1 saturated heterocycles. The molecule has 134 valence electrons. The first-order chi connectivity index (χ1) is 11.6. The van der Waals surface area contributed by atoms with Gasteiger partial charge in [0, 0.05) is 25.7 Å². The van der Waals surface area contributed by atoms with Gasteiger partial charge in [0.25, 0.3) is 0 Å². The maximum absolute atomic E-state index is 12.8. The van der Waals surface area contributed by atoms with Crippen molar-refractivity contribution >= 4 is 5.91 Å². The number of amides is 1. The van der Waals surface area contributed by atoms with E-state index in [1.54, 1.807) is 0 Å². The number of likely N-dealkylation sites (tertiary alicyclic amines) is 1. The minimum atomic E-state index is -0.230. The third kappa shape index (κ3) is 4.81. The first-order valence-electron chi connectivity index (χ1n) is 9.38. The molecular weight excluding hydrogens is 298 g/mol. The molecule has 1 aromatic carbocycles. The molecule has 0 radical (unpaired) electrons. The van der Waals surface area contributed by atoms with E-state index in [4.69, 9.17) is 5.73 Å². The number of carbonyl (C=O) groups is 1. The Balaban J connectivity index is 1.86. The van der Waals surface area contributed by atoms with E-state index in [1.165, 1.54) is 0 Å². The number of hydrogen-bond acceptors (Lipinski definition) is 3. The Bertz CT molecular complexity index is 493. The average Bonchev–Trinajstić information content (AvgIpc) is 2.65. The normalized spacial score (nSPS) is 18.6. The first-order valence-corrected chi connectivity index (χ1v) is 9.38. The van der Waals surface area contributed by atoms with Crippen LogP contribution in [-0.2, 0) is 4.79 Å². The molecule has 24 heavy (non-hydrogen) atoms. The molecule has 0 bridgehead atoms. The predicted molar refractivity (Wildman–Crippen MR) is 99.6 cm³/mol. The fourth-order valence-corrected chi connectivity index (χ4v) is 3.59. The Morgan fingerprint density at radius 3 is 2.33 bits per heavy atom. The van der Waals surface area contributed by atoms with Gasteiger partial charge < -0.3 is 15.5 Å². The number of piperidine rings is 1. The molecule has 2 unspecified atom stereocenters. The van der Waals surface area contributed by atoms with Crippen molar-refractivity contribution in [3.8, 4) is 0 Å². The molecule has 0 saturated carbocycles. The van der Waals surface area contributed by atoms with Gasteiger partial charge in [-0.15, -0.1) is 0 Å². The van der Waals surface area contributed by atoms with E-state index in [-0.39, 0.29) is 17.9 Å². The Morgan fingerprint density at radius 1 is 1.21 bits per heavy atom. The van der Waals surface area contributed by atoms with Crippen LogP contribution in [0.5, 0.6) is 0 Å². The topological polar surface area (TPSA) is 49.6 Å². The van der Waals surface area contributed by atoms with Gasteiger partial charge in [0.2, 0.25) is 5.91 Å². The van der Waals surface area contributed by atoms with Crippen LogP contribution in [0.3, 0.4) is 0 Å². The van der Waals surface area contributed by atoms with Gasteiger partial charge in [0.1, 0.15) is 0 Å². The summed E-state index contributed by atoms with van der Waals surface area (Å²) in [7, 11) is 0. The van der Waals surface area contributed by atoms with Gasteiger partial charge in [-0.1, -0.05) is 51.1 Å². The van der Waals surface area contributed by atoms with Gasteiger partial charge >= 0.3 is 0 Å². The molecule has 1 fully saturated rings. The van der Waals surface area contributed by atoms with Crippen LogP contribution in [0, 0.1) is 11.8 Å². The molecule has 1 heterocycles. The van der Waals surface area contributed by atoms with E-state index in [2.05, 4.69) is 18.7 Å². The van der Waals surface area contributed by atoms with Gasteiger partial charge in [-0.05, 0) is 37.4 Å². The summed E-state index contributed by atoms with van der Waals surface area (Å²) in [6.45, 7) is 11.5. The molecule has 4 nitrogen and oxygen atoms in total. The van der Waals surface area contributed by atoms with E-state index < -0.39 is 0 Å². The van der Waals surface area contributed by atoms with Crippen molar-refractivity contribution in [2.45, 2.75) is 39.7 Å². The molecular formula is C20H33N3O. The van der Waals surface area contributed by atoms with Crippen molar-refractivity contribution < 1.29 is 4.79 Å². The second kappa shape index (κ2) is 9.19. The van der Waals surface area contributed by atoms with Crippen LogP contribution in [0.2, 0.25) is 0 Å². The van der Waals surface area contributed by atoms with E-state index >= 15 is 0 Å². The van der Waals surface area contributed by atoms with E-state index in [0.717, 1.165) is 51.1 Å². The molecule has 4 heteroatoms. The monoisotopic (exact) mass is 331 g/mol. The van der Waals surface area contributed by atoms with Crippen molar-refractivity contribution in [1.82, 2.24) is 9.80 Å². The molecule has 0 aliphatic carbocycles. The minimum Gasteiger partial charge on any atom is -0.342 e. The standard InChI is InChI=1S/C20H33N3O/c1-4-22(5-2)15-17-11-13-23(14-12-17)20(24)16(3)19(21)18-9-7-6-8-10-18/h6-10,16-17,19H,4-5,11-15,21H2,1-3H3. The Kier molecular flexibility index (Phi) is 7.25. The molecule has 1 amide bonds. The predicted octanol–water partition coefficient (Wildman–Crippen LogP) is 2.90. The molecule has 2 rings (SSSR count). The molecule has 0 spiro atoms. The Hall–Kier alpha value is -1.39. The van der Waals surface area contributed by atoms with Crippen LogP contribution in [0.15, 0.2) is 30.3 Å². The smallest absolute Gasteiger partial charge is 0.227 e. The highest BCUT2D eigenvalue weighted by atomic mass is 16.2. The Morgan fingerprint density at radius 2 is 1.79 bits per heavy atom. The van der Waals surface area contributed by atoms with Crippen molar-refractivity contribution in [1.29, 1.82) is 0 Å². The van der Waals surface area contributed by atoms with Crippen molar-refractivity contribution in [2.75, 3.05) is 32.7 Å². The van der Waals surface area contributed by atoms with Gasteiger partial charge in [0.15, 0.2) is 0 Å². The first kappa shape index (κ1) is 18.9. The summed E-state index contributed by atoms with van der Waals surface area (Å²) in [5.74, 6) is 0.742. The summed E-state index contributed by atoms with van der Waals surface area (Å²) in [6, 6.07) is 9.71. The second-order valence-electron chi connectivity index (χ2n) is 6.98. The van der Waals surface area contributed by atoms with Crippen molar-refractivity contribution in [2.24, 2.45) is 17.6 Å². The lowest BCUT2D eigenvalue weighted by Crippen LogP contribution is -2.45. The lowest BCUT2D eigenvalue weighted by atomic mass is 9.91. The maximum atomic E-state index is 12.8. The highest BCUT2D eigenvalue weighted by Gasteiger charge is 2.29. The third-order valence-electron chi connectivity index (χ3n) is 5.45. The number of hydrogen-bond donors (Lipinski definition) is 1. The fourth-order valence-electron chi connectivity index (χ4n) is 3.59. The van der Waals surface area contributed by atoms with Crippen LogP contribution in [0.25, 0.3) is 0 Å². The number of nitrogens with zero attached hydrogens (tertiary/aromatic N) is 2. The van der Waals surface area contributed by atoms with E-state index in [0.29, 0.717) is 5.92 Å². The SMILES string of the molecule is CCN(CC)CC1CCN(C(=O)C(C)C(N)c2ccccc2)CC1. The highest BCUT2D eigenvalue weighted by Crippen LogP contribution is 2.24. The van der Waals surface area contributed by atoms with Gasteiger partial charge in [-0.3, -0.25) is 4.79 Å². The highest BCUT2D eigenvalue weighted by molar-refractivity contribution is 5.79. The lowest BCUT2D eigenvalue weighted by molar-refractivity contribution is -0.137. The van der Waals surface area contributed by atoms with Crippen LogP contribution < -0.4 is 5.73 Å². The minimum absolute atomic E-state index is 0.174. The van der Waals surface area contributed by atoms with Crippen molar-refractivity contribution in [3.05, 3.63) is 35.9 Å². The third-order valence-corrected chi connectivity index (χ3v) is 5.45. The zero-order valence-electron chi connectivity index (χ0n) is 15.4. The molecule has 1 aliphatic rings. The fraction of sp³-hybridized carbons (Fsp3) is 0.650. The van der Waals surface area contributed by atoms with E-state index in [9.17, 15) is 4.79 Å². The number of benzene rings is 1. The summed E-state index contributed by atoms with van der Waals surface area (Å²) >= 11 is 0. The summed E-state index contributed by atoms with van der Waals surface area (Å²) in [6.07, 6.45) is 2.21. The number of carbonyl (C=O) groups excluding carboxylic acids is 1. The summed E-state index contributed by atoms with van der Waals surface area (Å²) in [5.41, 5.74) is 7.36. The number of nitrogens with two attached hydrogens (primary N) is 1. The quantitative estimate of drug-likeness (QED) is 0.836. The second-order valence-corrected chi connectivity index (χ2v) is 6.98. The van der Waals surface area contributed by atoms with Gasteiger partial charge in [0.05, 0.1) is 5.92 Å². The zero-order chi connectivity index (χ0) is 17.5. The maximum Gasteiger partial charge on any atom is 0.227 e. The lowest BCUT2D eigenvalue weighted by Gasteiger charge is -2.36. The molecule has 1 aromatic rings. The van der Waals surface area contributed by atoms with Crippen molar-refractivity contribution in [3.63, 3.8) is 0 Å². The molecule has 2 atom stereocenters. The molecule has 1 aliphatic heterocycles. The van der Waals surface area contributed by atoms with Crippen LogP contribution in [0.4, 0.5) is 0 Å². The van der Waals surface area contributed by atoms with E-state index in [1.807, 2.05) is 42.2 Å². The van der Waals surface area contributed by atoms with Crippen LogP contribution >= 0.6 is 0 Å². The molecule has 2 N–H and O–H groups in total. The van der Waals surface area contributed by atoms with Crippen LogP contribution in [0.1, 0.15) is 45.2 Å². The van der Waals surface area contributed by atoms with Crippen LogP contribution in [-0.4, -0.2) is 48.4 Å². The molecule has 0 aromatic heterocycles. The zero-order valence-corrected chi connectivity index (χ0v) is 15.4. The Labute approximate surface area is 147 Å². The summed E-state index contributed by atoms with van der Waals surface area (Å²) < 4.78 is 0. The average molecular weight is 332 g/mol. The summed E-state index contributed by atoms with van der Waals surface area (Å²) in [4.78, 5) is 17.3. The summed E-state index contributed by atoms with van der Waals surface area (Å²) in [5, 5.41) is 0. The number of rotatable bonds is 7.